The van der Waals surface area contributed by atoms with Crippen LogP contribution in [0, 0.1) is 0 Å². The fourth-order valence-electron chi connectivity index (χ4n) is 2.41. The SMILES string of the molecule is CCCNC(=O)c1cccc(CNC(=O)CC2COCCN2)c1. The van der Waals surface area contributed by atoms with E-state index in [4.69, 9.17) is 4.74 Å². The first-order chi connectivity index (χ1) is 11.2. The fourth-order valence-corrected chi connectivity index (χ4v) is 2.41. The molecule has 1 atom stereocenters. The highest BCUT2D eigenvalue weighted by Crippen LogP contribution is 2.06. The van der Waals surface area contributed by atoms with Gasteiger partial charge in [-0.1, -0.05) is 19.1 Å². The van der Waals surface area contributed by atoms with Gasteiger partial charge in [0.15, 0.2) is 0 Å². The molecule has 0 aromatic heterocycles. The van der Waals surface area contributed by atoms with E-state index in [1.165, 1.54) is 0 Å². The molecule has 3 N–H and O–H groups in total. The van der Waals surface area contributed by atoms with E-state index in [1.54, 1.807) is 6.07 Å². The molecule has 0 spiro atoms. The summed E-state index contributed by atoms with van der Waals surface area (Å²) in [5, 5.41) is 8.99. The molecule has 1 aromatic rings. The van der Waals surface area contributed by atoms with Crippen LogP contribution in [0.3, 0.4) is 0 Å². The molecule has 23 heavy (non-hydrogen) atoms. The van der Waals surface area contributed by atoms with Gasteiger partial charge in [-0.25, -0.2) is 0 Å². The number of rotatable bonds is 7. The molecular weight excluding hydrogens is 294 g/mol. The van der Waals surface area contributed by atoms with Crippen LogP contribution in [-0.4, -0.2) is 44.2 Å². The monoisotopic (exact) mass is 319 g/mol. The Morgan fingerprint density at radius 1 is 1.35 bits per heavy atom. The Morgan fingerprint density at radius 3 is 2.96 bits per heavy atom. The molecule has 6 heteroatoms. The molecule has 1 unspecified atom stereocenters. The Kier molecular flexibility index (Phi) is 7.03. The number of amides is 2. The van der Waals surface area contributed by atoms with Gasteiger partial charge in [0.05, 0.1) is 13.2 Å². The lowest BCUT2D eigenvalue weighted by atomic mass is 10.1. The van der Waals surface area contributed by atoms with Crippen LogP contribution in [0.4, 0.5) is 0 Å². The number of hydrogen-bond donors (Lipinski definition) is 3. The highest BCUT2D eigenvalue weighted by atomic mass is 16.5. The summed E-state index contributed by atoms with van der Waals surface area (Å²) in [7, 11) is 0. The van der Waals surface area contributed by atoms with Gasteiger partial charge in [0.2, 0.25) is 5.91 Å². The standard InChI is InChI=1S/C17H25N3O3/c1-2-6-19-17(22)14-5-3-4-13(9-14)11-20-16(21)10-15-12-23-8-7-18-15/h3-5,9,15,18H,2,6-8,10-12H2,1H3,(H,19,22)(H,20,21). The summed E-state index contributed by atoms with van der Waals surface area (Å²) in [6.45, 7) is 5.15. The van der Waals surface area contributed by atoms with Crippen molar-refractivity contribution in [1.82, 2.24) is 16.0 Å². The predicted molar refractivity (Wildman–Crippen MR) is 88.1 cm³/mol. The molecule has 2 rings (SSSR count). The summed E-state index contributed by atoms with van der Waals surface area (Å²) in [6, 6.07) is 7.40. The first-order valence-electron chi connectivity index (χ1n) is 8.14. The Morgan fingerprint density at radius 2 is 2.22 bits per heavy atom. The zero-order valence-electron chi connectivity index (χ0n) is 13.6. The zero-order chi connectivity index (χ0) is 16.5. The first-order valence-corrected chi connectivity index (χ1v) is 8.14. The van der Waals surface area contributed by atoms with E-state index in [2.05, 4.69) is 16.0 Å². The number of carbonyl (C=O) groups excluding carboxylic acids is 2. The van der Waals surface area contributed by atoms with Crippen LogP contribution in [0.2, 0.25) is 0 Å². The van der Waals surface area contributed by atoms with Crippen LogP contribution in [0.25, 0.3) is 0 Å². The van der Waals surface area contributed by atoms with Crippen LogP contribution >= 0.6 is 0 Å². The quantitative estimate of drug-likeness (QED) is 0.695. The minimum absolute atomic E-state index is 0.0196. The van der Waals surface area contributed by atoms with E-state index in [0.29, 0.717) is 38.3 Å². The van der Waals surface area contributed by atoms with Crippen molar-refractivity contribution >= 4 is 11.8 Å². The molecule has 0 saturated carbocycles. The van der Waals surface area contributed by atoms with Gasteiger partial charge in [-0.15, -0.1) is 0 Å². The van der Waals surface area contributed by atoms with E-state index < -0.39 is 0 Å². The summed E-state index contributed by atoms with van der Waals surface area (Å²) < 4.78 is 5.33. The van der Waals surface area contributed by atoms with E-state index in [-0.39, 0.29) is 17.9 Å². The molecule has 1 heterocycles. The Hall–Kier alpha value is -1.92. The van der Waals surface area contributed by atoms with Crippen molar-refractivity contribution in [3.8, 4) is 0 Å². The van der Waals surface area contributed by atoms with Crippen LogP contribution in [0.5, 0.6) is 0 Å². The lowest BCUT2D eigenvalue weighted by Gasteiger charge is -2.23. The summed E-state index contributed by atoms with van der Waals surface area (Å²) in [5.74, 6) is -0.0996. The van der Waals surface area contributed by atoms with Gasteiger partial charge in [0, 0.05) is 37.7 Å². The summed E-state index contributed by atoms with van der Waals surface area (Å²) >= 11 is 0. The molecule has 6 nitrogen and oxygen atoms in total. The molecule has 1 fully saturated rings. The molecule has 126 valence electrons. The van der Waals surface area contributed by atoms with E-state index in [1.807, 2.05) is 25.1 Å². The molecule has 0 aliphatic carbocycles. The second-order valence-corrected chi connectivity index (χ2v) is 5.66. The smallest absolute Gasteiger partial charge is 0.251 e. The van der Waals surface area contributed by atoms with Crippen LogP contribution in [0.1, 0.15) is 35.7 Å². The number of carbonyl (C=O) groups is 2. The van der Waals surface area contributed by atoms with Gasteiger partial charge < -0.3 is 20.7 Å². The number of morpholine rings is 1. The van der Waals surface area contributed by atoms with Crippen molar-refractivity contribution in [2.24, 2.45) is 0 Å². The maximum Gasteiger partial charge on any atom is 0.251 e. The second kappa shape index (κ2) is 9.27. The van der Waals surface area contributed by atoms with Gasteiger partial charge >= 0.3 is 0 Å². The predicted octanol–water partition coefficient (Wildman–Crippen LogP) is 0.821. The van der Waals surface area contributed by atoms with Gasteiger partial charge in [-0.2, -0.15) is 0 Å². The first kappa shape index (κ1) is 17.4. The van der Waals surface area contributed by atoms with Crippen molar-refractivity contribution < 1.29 is 14.3 Å². The van der Waals surface area contributed by atoms with Crippen molar-refractivity contribution in [2.75, 3.05) is 26.3 Å². The highest BCUT2D eigenvalue weighted by molar-refractivity contribution is 5.94. The average Bonchev–Trinajstić information content (AvgIpc) is 2.59. The van der Waals surface area contributed by atoms with Crippen LogP contribution in [0.15, 0.2) is 24.3 Å². The van der Waals surface area contributed by atoms with Gasteiger partial charge in [-0.05, 0) is 24.1 Å². The van der Waals surface area contributed by atoms with Gasteiger partial charge in [-0.3, -0.25) is 9.59 Å². The third kappa shape index (κ3) is 6.00. The molecule has 0 radical (unpaired) electrons. The highest BCUT2D eigenvalue weighted by Gasteiger charge is 2.16. The Bertz CT molecular complexity index is 528. The zero-order valence-corrected chi connectivity index (χ0v) is 13.6. The molecule has 1 aromatic carbocycles. The number of benzene rings is 1. The van der Waals surface area contributed by atoms with Crippen molar-refractivity contribution in [3.63, 3.8) is 0 Å². The maximum atomic E-state index is 12.0. The largest absolute Gasteiger partial charge is 0.378 e. The molecule has 1 aliphatic heterocycles. The number of hydrogen-bond acceptors (Lipinski definition) is 4. The lowest BCUT2D eigenvalue weighted by molar-refractivity contribution is -0.122. The van der Waals surface area contributed by atoms with E-state index in [0.717, 1.165) is 18.5 Å². The van der Waals surface area contributed by atoms with E-state index in [9.17, 15) is 9.59 Å². The molecule has 1 saturated heterocycles. The van der Waals surface area contributed by atoms with E-state index >= 15 is 0 Å². The van der Waals surface area contributed by atoms with Crippen LogP contribution < -0.4 is 16.0 Å². The third-order valence-electron chi connectivity index (χ3n) is 3.64. The van der Waals surface area contributed by atoms with Crippen molar-refractivity contribution in [2.45, 2.75) is 32.4 Å². The lowest BCUT2D eigenvalue weighted by Crippen LogP contribution is -2.44. The molecule has 2 amide bonds. The maximum absolute atomic E-state index is 12.0. The fraction of sp³-hybridized carbons (Fsp3) is 0.529. The van der Waals surface area contributed by atoms with Gasteiger partial charge in [0.1, 0.15) is 0 Å². The Balaban J connectivity index is 1.80. The number of nitrogens with one attached hydrogen (secondary N) is 3. The molecule has 1 aliphatic rings. The molecule has 0 bridgehead atoms. The summed E-state index contributed by atoms with van der Waals surface area (Å²) in [5.41, 5.74) is 1.53. The van der Waals surface area contributed by atoms with Crippen LogP contribution in [-0.2, 0) is 16.1 Å². The summed E-state index contributed by atoms with van der Waals surface area (Å²) in [6.07, 6.45) is 1.30. The molecular formula is C17H25N3O3. The minimum Gasteiger partial charge on any atom is -0.378 e. The average molecular weight is 319 g/mol. The topological polar surface area (TPSA) is 79.5 Å². The normalized spacial score (nSPS) is 17.5. The second-order valence-electron chi connectivity index (χ2n) is 5.66. The van der Waals surface area contributed by atoms with Gasteiger partial charge in [0.25, 0.3) is 5.91 Å². The van der Waals surface area contributed by atoms with Crippen molar-refractivity contribution in [3.05, 3.63) is 35.4 Å². The summed E-state index contributed by atoms with van der Waals surface area (Å²) in [4.78, 5) is 23.9. The Labute approximate surface area is 137 Å². The minimum atomic E-state index is -0.0800. The van der Waals surface area contributed by atoms with Crippen molar-refractivity contribution in [1.29, 1.82) is 0 Å². The third-order valence-corrected chi connectivity index (χ3v) is 3.64. The number of ether oxygens (including phenoxy) is 1.